The van der Waals surface area contributed by atoms with Gasteiger partial charge in [-0.05, 0) is 25.8 Å². The Kier molecular flexibility index (Phi) is 4.42. The quantitative estimate of drug-likeness (QED) is 0.816. The Morgan fingerprint density at radius 1 is 1.17 bits per heavy atom. The van der Waals surface area contributed by atoms with Crippen LogP contribution < -0.4 is 0 Å². The summed E-state index contributed by atoms with van der Waals surface area (Å²) in [7, 11) is 0. The zero-order valence-corrected chi connectivity index (χ0v) is 16.6. The molecule has 1 spiro atoms. The minimum Gasteiger partial charge on any atom is -0.352 e. The Morgan fingerprint density at radius 3 is 2.62 bits per heavy atom. The van der Waals surface area contributed by atoms with Gasteiger partial charge in [0.15, 0.2) is 6.10 Å². The molecule has 3 aliphatic heterocycles. The van der Waals surface area contributed by atoms with Crippen LogP contribution in [0.4, 0.5) is 0 Å². The van der Waals surface area contributed by atoms with Crippen LogP contribution in [0.2, 0.25) is 0 Å². The SMILES string of the molecule is Cc1cc(C(=O)N2CCC3(CC2)OC(C(=O)N2CCCC2)Cn2ccnc23)n[nH]1. The highest BCUT2D eigenvalue weighted by molar-refractivity contribution is 5.92. The second kappa shape index (κ2) is 6.98. The minimum atomic E-state index is -0.625. The molecule has 0 bridgehead atoms. The predicted octanol–water partition coefficient (Wildman–Crippen LogP) is 1.07. The van der Waals surface area contributed by atoms with E-state index in [1.165, 1.54) is 0 Å². The number of aryl methyl sites for hydroxylation is 1. The summed E-state index contributed by atoms with van der Waals surface area (Å²) in [5.41, 5.74) is 0.675. The number of imidazole rings is 1. The first kappa shape index (κ1) is 18.4. The molecule has 2 saturated heterocycles. The molecule has 1 unspecified atom stereocenters. The Balaban J connectivity index is 1.34. The number of ether oxygens (including phenoxy) is 1. The van der Waals surface area contributed by atoms with E-state index >= 15 is 0 Å². The molecular weight excluding hydrogens is 372 g/mol. The number of fused-ring (bicyclic) bond motifs is 2. The third-order valence-corrected chi connectivity index (χ3v) is 6.33. The van der Waals surface area contributed by atoms with Gasteiger partial charge in [-0.15, -0.1) is 0 Å². The van der Waals surface area contributed by atoms with Gasteiger partial charge in [0.05, 0.1) is 6.54 Å². The minimum absolute atomic E-state index is 0.0757. The average molecular weight is 398 g/mol. The number of hydrogen-bond acceptors (Lipinski definition) is 5. The van der Waals surface area contributed by atoms with Crippen LogP contribution in [-0.2, 0) is 21.7 Å². The summed E-state index contributed by atoms with van der Waals surface area (Å²) >= 11 is 0. The molecule has 0 radical (unpaired) electrons. The number of aromatic nitrogens is 4. The van der Waals surface area contributed by atoms with Crippen LogP contribution in [0.15, 0.2) is 18.5 Å². The van der Waals surface area contributed by atoms with Crippen molar-refractivity contribution in [1.82, 2.24) is 29.5 Å². The fraction of sp³-hybridized carbons (Fsp3) is 0.600. The number of rotatable bonds is 2. The molecule has 1 atom stereocenters. The Labute approximate surface area is 169 Å². The number of H-pyrrole nitrogens is 1. The van der Waals surface area contributed by atoms with Gasteiger partial charge in [-0.25, -0.2) is 4.98 Å². The summed E-state index contributed by atoms with van der Waals surface area (Å²) in [6.07, 6.45) is 6.55. The van der Waals surface area contributed by atoms with Crippen molar-refractivity contribution in [3.63, 3.8) is 0 Å². The van der Waals surface area contributed by atoms with Gasteiger partial charge in [-0.1, -0.05) is 0 Å². The highest BCUT2D eigenvalue weighted by Crippen LogP contribution is 2.40. The van der Waals surface area contributed by atoms with E-state index in [1.54, 1.807) is 12.3 Å². The standard InChI is InChI=1S/C20H26N6O3/c1-14-12-15(23-22-14)17(27)25-9-4-20(5-10-25)19-21-6-11-26(19)13-16(29-20)18(28)24-7-2-3-8-24/h6,11-12,16H,2-5,7-10,13H2,1H3,(H,22,23). The van der Waals surface area contributed by atoms with Crippen molar-refractivity contribution in [3.05, 3.63) is 35.7 Å². The summed E-state index contributed by atoms with van der Waals surface area (Å²) in [6, 6.07) is 1.77. The lowest BCUT2D eigenvalue weighted by atomic mass is 9.88. The van der Waals surface area contributed by atoms with Crippen LogP contribution in [-0.4, -0.2) is 73.6 Å². The van der Waals surface area contributed by atoms with Crippen LogP contribution in [0.5, 0.6) is 0 Å². The van der Waals surface area contributed by atoms with E-state index in [0.29, 0.717) is 38.2 Å². The largest absolute Gasteiger partial charge is 0.352 e. The second-order valence-corrected chi connectivity index (χ2v) is 8.26. The zero-order valence-electron chi connectivity index (χ0n) is 16.6. The molecule has 3 aliphatic rings. The maximum Gasteiger partial charge on any atom is 0.274 e. The van der Waals surface area contributed by atoms with E-state index in [4.69, 9.17) is 4.74 Å². The number of hydrogen-bond donors (Lipinski definition) is 1. The van der Waals surface area contributed by atoms with E-state index in [1.807, 2.05) is 22.9 Å². The lowest BCUT2D eigenvalue weighted by Crippen LogP contribution is -2.55. The van der Waals surface area contributed by atoms with E-state index in [2.05, 4.69) is 19.7 Å². The molecule has 5 heterocycles. The smallest absolute Gasteiger partial charge is 0.274 e. The third-order valence-electron chi connectivity index (χ3n) is 6.33. The maximum atomic E-state index is 13.0. The maximum absolute atomic E-state index is 13.0. The number of nitrogens with one attached hydrogen (secondary N) is 1. The molecular formula is C20H26N6O3. The first-order valence-electron chi connectivity index (χ1n) is 10.4. The van der Waals surface area contributed by atoms with Crippen molar-refractivity contribution in [2.24, 2.45) is 0 Å². The van der Waals surface area contributed by atoms with Gasteiger partial charge in [0.2, 0.25) is 0 Å². The molecule has 9 nitrogen and oxygen atoms in total. The highest BCUT2D eigenvalue weighted by Gasteiger charge is 2.48. The summed E-state index contributed by atoms with van der Waals surface area (Å²) in [4.78, 5) is 34.0. The summed E-state index contributed by atoms with van der Waals surface area (Å²) in [5.74, 6) is 0.866. The van der Waals surface area contributed by atoms with E-state index in [9.17, 15) is 9.59 Å². The normalized spacial score (nSPS) is 23.4. The highest BCUT2D eigenvalue weighted by atomic mass is 16.5. The van der Waals surface area contributed by atoms with Gasteiger partial charge in [0.1, 0.15) is 17.1 Å². The zero-order chi connectivity index (χ0) is 20.0. The van der Waals surface area contributed by atoms with Crippen LogP contribution in [0.1, 0.15) is 47.7 Å². The van der Waals surface area contributed by atoms with Crippen molar-refractivity contribution in [2.75, 3.05) is 26.2 Å². The molecule has 0 aliphatic carbocycles. The van der Waals surface area contributed by atoms with Crippen molar-refractivity contribution < 1.29 is 14.3 Å². The fourth-order valence-corrected chi connectivity index (χ4v) is 4.77. The molecule has 2 fully saturated rings. The average Bonchev–Trinajstić information content (AvgIpc) is 3.49. The van der Waals surface area contributed by atoms with Crippen LogP contribution in [0.3, 0.4) is 0 Å². The number of carbonyl (C=O) groups excluding carboxylic acids is 2. The number of amides is 2. The van der Waals surface area contributed by atoms with Crippen molar-refractivity contribution in [3.8, 4) is 0 Å². The van der Waals surface area contributed by atoms with E-state index in [-0.39, 0.29) is 11.8 Å². The molecule has 5 rings (SSSR count). The van der Waals surface area contributed by atoms with Gasteiger partial charge >= 0.3 is 0 Å². The second-order valence-electron chi connectivity index (χ2n) is 8.26. The molecule has 154 valence electrons. The van der Waals surface area contributed by atoms with Crippen LogP contribution in [0.25, 0.3) is 0 Å². The molecule has 9 heteroatoms. The molecule has 2 aromatic rings. The number of carbonyl (C=O) groups is 2. The molecule has 2 amide bonds. The number of aromatic amines is 1. The number of piperidine rings is 1. The molecule has 29 heavy (non-hydrogen) atoms. The van der Waals surface area contributed by atoms with Crippen LogP contribution in [0, 0.1) is 6.92 Å². The third kappa shape index (κ3) is 3.13. The lowest BCUT2D eigenvalue weighted by molar-refractivity contribution is -0.179. The number of likely N-dealkylation sites (tertiary alicyclic amines) is 2. The van der Waals surface area contributed by atoms with Crippen molar-refractivity contribution in [2.45, 2.75) is 50.9 Å². The first-order chi connectivity index (χ1) is 14.1. The topological polar surface area (TPSA) is 96.3 Å². The molecule has 2 aromatic heterocycles. The Hall–Kier alpha value is -2.68. The first-order valence-corrected chi connectivity index (χ1v) is 10.4. The van der Waals surface area contributed by atoms with Gasteiger partial charge in [0.25, 0.3) is 11.8 Å². The van der Waals surface area contributed by atoms with Gasteiger partial charge in [-0.2, -0.15) is 5.10 Å². The number of nitrogens with zero attached hydrogens (tertiary/aromatic N) is 5. The fourth-order valence-electron chi connectivity index (χ4n) is 4.77. The van der Waals surface area contributed by atoms with E-state index < -0.39 is 11.7 Å². The molecule has 1 N–H and O–H groups in total. The summed E-state index contributed by atoms with van der Waals surface area (Å²) in [6.45, 7) is 5.09. The lowest BCUT2D eigenvalue weighted by Gasteiger charge is -2.45. The van der Waals surface area contributed by atoms with Gasteiger partial charge < -0.3 is 19.1 Å². The van der Waals surface area contributed by atoms with E-state index in [0.717, 1.165) is 37.4 Å². The van der Waals surface area contributed by atoms with Crippen LogP contribution >= 0.6 is 0 Å². The Morgan fingerprint density at radius 2 is 1.93 bits per heavy atom. The van der Waals surface area contributed by atoms with Crippen molar-refractivity contribution in [1.29, 1.82) is 0 Å². The molecule has 0 aromatic carbocycles. The van der Waals surface area contributed by atoms with Gasteiger partial charge in [0, 0.05) is 57.1 Å². The van der Waals surface area contributed by atoms with Crippen molar-refractivity contribution >= 4 is 11.8 Å². The van der Waals surface area contributed by atoms with Gasteiger partial charge in [-0.3, -0.25) is 14.7 Å². The Bertz CT molecular complexity index is 920. The summed E-state index contributed by atoms with van der Waals surface area (Å²) < 4.78 is 8.53. The summed E-state index contributed by atoms with van der Waals surface area (Å²) in [5, 5.41) is 6.91. The monoisotopic (exact) mass is 398 g/mol. The predicted molar refractivity (Wildman–Crippen MR) is 103 cm³/mol. The molecule has 0 saturated carbocycles.